The molecule has 0 unspecified atom stereocenters. The minimum Gasteiger partial charge on any atom is -0.444 e. The second-order valence-corrected chi connectivity index (χ2v) is 11.6. The van der Waals surface area contributed by atoms with Crippen LogP contribution in [0.25, 0.3) is 0 Å². The Hall–Kier alpha value is -2.68. The number of amides is 1. The molecule has 1 saturated heterocycles. The minimum atomic E-state index is -4.07. The van der Waals surface area contributed by atoms with Crippen molar-refractivity contribution in [2.75, 3.05) is 0 Å². The van der Waals surface area contributed by atoms with Crippen molar-refractivity contribution in [2.45, 2.75) is 83.4 Å². The van der Waals surface area contributed by atoms with Crippen LogP contribution in [0.2, 0.25) is 0 Å². The molecule has 1 fully saturated rings. The molecule has 2 aliphatic rings. The fraction of sp³-hybridized carbons (Fsp3) is 0.542. The summed E-state index contributed by atoms with van der Waals surface area (Å²) in [4.78, 5) is 24.0. The number of carbonyl (C=O) groups excluding carboxylic acids is 1. The number of hydrogen-bond donors (Lipinski definition) is 0. The summed E-state index contributed by atoms with van der Waals surface area (Å²) < 4.78 is 37.2. The topological polar surface area (TPSA) is 98.7 Å². The van der Waals surface area contributed by atoms with Crippen LogP contribution in [0.1, 0.15) is 69.2 Å². The number of hydrogen-bond acceptors (Lipinski definition) is 7. The Labute approximate surface area is 195 Å². The Bertz CT molecular complexity index is 1170. The van der Waals surface area contributed by atoms with Crippen molar-refractivity contribution in [3.05, 3.63) is 46.9 Å². The molecule has 2 aromatic rings. The van der Waals surface area contributed by atoms with E-state index >= 15 is 0 Å². The molecule has 1 amide bonds. The van der Waals surface area contributed by atoms with Gasteiger partial charge in [0.15, 0.2) is 0 Å². The van der Waals surface area contributed by atoms with E-state index in [-0.39, 0.29) is 34.9 Å². The first-order valence-electron chi connectivity index (χ1n) is 11.3. The van der Waals surface area contributed by atoms with Crippen molar-refractivity contribution in [3.63, 3.8) is 0 Å². The largest absolute Gasteiger partial charge is 0.444 e. The monoisotopic (exact) mass is 473 g/mol. The first kappa shape index (κ1) is 23.5. The number of rotatable bonds is 3. The molecule has 9 heteroatoms. The van der Waals surface area contributed by atoms with Crippen LogP contribution in [0.5, 0.6) is 5.88 Å². The molecule has 1 aromatic carbocycles. The Morgan fingerprint density at radius 1 is 1.09 bits per heavy atom. The quantitative estimate of drug-likeness (QED) is 0.606. The number of nitrogens with zero attached hydrogens (tertiary/aromatic N) is 3. The number of carbonyl (C=O) groups is 1. The number of ether oxygens (including phenoxy) is 1. The average molecular weight is 474 g/mol. The summed E-state index contributed by atoms with van der Waals surface area (Å²) in [5.74, 6) is 0.653. The lowest BCUT2D eigenvalue weighted by molar-refractivity contribution is -0.0227. The highest BCUT2D eigenvalue weighted by Crippen LogP contribution is 2.46. The van der Waals surface area contributed by atoms with Crippen molar-refractivity contribution < 1.29 is 22.1 Å². The van der Waals surface area contributed by atoms with Crippen LogP contribution < -0.4 is 4.18 Å². The van der Waals surface area contributed by atoms with Gasteiger partial charge in [-0.3, -0.25) is 4.90 Å². The van der Waals surface area contributed by atoms with Gasteiger partial charge in [0.05, 0.1) is 11.7 Å². The second-order valence-electron chi connectivity index (χ2n) is 10.0. The maximum atomic E-state index is 13.1. The average Bonchev–Trinajstić information content (AvgIpc) is 2.69. The molecule has 0 radical (unpaired) electrons. The van der Waals surface area contributed by atoms with Gasteiger partial charge in [-0.05, 0) is 65.5 Å². The van der Waals surface area contributed by atoms with Crippen LogP contribution in [0.15, 0.2) is 29.2 Å². The van der Waals surface area contributed by atoms with Gasteiger partial charge in [0.1, 0.15) is 16.3 Å². The highest BCUT2D eigenvalue weighted by Gasteiger charge is 2.47. The molecule has 3 heterocycles. The Balaban J connectivity index is 1.74. The van der Waals surface area contributed by atoms with Gasteiger partial charge in [0.25, 0.3) is 0 Å². The number of piperidine rings is 1. The molecule has 0 aliphatic carbocycles. The summed E-state index contributed by atoms with van der Waals surface area (Å²) in [5, 5.41) is 0. The smallest absolute Gasteiger partial charge is 0.411 e. The Morgan fingerprint density at radius 3 is 2.39 bits per heavy atom. The van der Waals surface area contributed by atoms with Crippen molar-refractivity contribution in [2.24, 2.45) is 5.92 Å². The van der Waals surface area contributed by atoms with E-state index in [2.05, 4.69) is 16.9 Å². The molecule has 0 spiro atoms. The molecule has 4 rings (SSSR count). The van der Waals surface area contributed by atoms with Gasteiger partial charge in [-0.2, -0.15) is 13.4 Å². The van der Waals surface area contributed by atoms with Crippen LogP contribution in [-0.2, 0) is 21.3 Å². The van der Waals surface area contributed by atoms with E-state index in [4.69, 9.17) is 8.92 Å². The van der Waals surface area contributed by atoms with Gasteiger partial charge in [-0.15, -0.1) is 0 Å². The molecule has 0 saturated carbocycles. The van der Waals surface area contributed by atoms with Gasteiger partial charge in [-0.1, -0.05) is 24.6 Å². The Kier molecular flexibility index (Phi) is 5.88. The van der Waals surface area contributed by atoms with Crippen LogP contribution in [0.4, 0.5) is 4.79 Å². The second kappa shape index (κ2) is 8.27. The van der Waals surface area contributed by atoms with E-state index in [1.807, 2.05) is 27.7 Å². The van der Waals surface area contributed by atoms with Crippen LogP contribution in [0, 0.1) is 19.8 Å². The summed E-state index contributed by atoms with van der Waals surface area (Å²) in [7, 11) is -4.07. The first-order valence-corrected chi connectivity index (χ1v) is 12.7. The lowest BCUT2D eigenvalue weighted by Crippen LogP contribution is -2.54. The molecular weight excluding hydrogens is 442 g/mol. The van der Waals surface area contributed by atoms with Crippen molar-refractivity contribution in [3.8, 4) is 5.88 Å². The maximum absolute atomic E-state index is 13.1. The summed E-state index contributed by atoms with van der Waals surface area (Å²) in [5.41, 5.74) is 1.63. The van der Waals surface area contributed by atoms with Crippen LogP contribution in [-0.4, -0.2) is 41.0 Å². The summed E-state index contributed by atoms with van der Waals surface area (Å²) in [6, 6.07) is 6.03. The fourth-order valence-electron chi connectivity index (χ4n) is 4.60. The number of fused-ring (bicyclic) bond motifs is 4. The Morgan fingerprint density at radius 2 is 1.76 bits per heavy atom. The number of aryl methyl sites for hydroxylation is 2. The molecule has 0 N–H and O–H groups in total. The van der Waals surface area contributed by atoms with Crippen molar-refractivity contribution in [1.82, 2.24) is 14.9 Å². The lowest BCUT2D eigenvalue weighted by Gasteiger charge is -2.49. The standard InChI is InChI=1S/C24H31N3O5S/c1-14-7-10-17(11-8-14)33(29,30)32-22-18-13-20-15(2)9-12-19(21(18)25-16(3)26-22)27(20)23(28)31-24(4,5)6/h7-8,10-11,15,19-20H,9,12-13H2,1-6H3/t15-,19+,20+/m0/s1. The van der Waals surface area contributed by atoms with E-state index in [9.17, 15) is 13.2 Å². The third-order valence-corrected chi connectivity index (χ3v) is 7.42. The molecule has 2 aliphatic heterocycles. The molecule has 3 atom stereocenters. The SMILES string of the molecule is Cc1ccc(S(=O)(=O)Oc2nc(C)nc3c2C[C@@H]2[C@@H](C)CC[C@H]3N2C(=O)OC(C)(C)C)cc1. The summed E-state index contributed by atoms with van der Waals surface area (Å²) >= 11 is 0. The zero-order valence-electron chi connectivity index (χ0n) is 20.0. The van der Waals surface area contributed by atoms with Crippen LogP contribution >= 0.6 is 0 Å². The zero-order chi connectivity index (χ0) is 24.1. The fourth-order valence-corrected chi connectivity index (χ4v) is 5.51. The van der Waals surface area contributed by atoms with E-state index in [1.54, 1.807) is 24.0 Å². The summed E-state index contributed by atoms with van der Waals surface area (Å²) in [6.07, 6.45) is 1.69. The first-order chi connectivity index (χ1) is 15.4. The maximum Gasteiger partial charge on any atom is 0.411 e. The molecule has 178 valence electrons. The van der Waals surface area contributed by atoms with E-state index in [1.165, 1.54) is 12.1 Å². The third-order valence-electron chi connectivity index (χ3n) is 6.19. The predicted molar refractivity (Wildman–Crippen MR) is 122 cm³/mol. The number of aromatic nitrogens is 2. The zero-order valence-corrected chi connectivity index (χ0v) is 20.8. The van der Waals surface area contributed by atoms with Gasteiger partial charge in [0, 0.05) is 18.0 Å². The van der Waals surface area contributed by atoms with Crippen molar-refractivity contribution in [1.29, 1.82) is 0 Å². The molecule has 2 bridgehead atoms. The van der Waals surface area contributed by atoms with E-state index in [0.29, 0.717) is 29.9 Å². The minimum absolute atomic E-state index is 0.0472. The molecule has 1 aromatic heterocycles. The van der Waals surface area contributed by atoms with Gasteiger partial charge in [0.2, 0.25) is 5.88 Å². The van der Waals surface area contributed by atoms with Gasteiger partial charge >= 0.3 is 16.2 Å². The predicted octanol–water partition coefficient (Wildman–Crippen LogP) is 4.49. The highest BCUT2D eigenvalue weighted by atomic mass is 32.2. The molecule has 8 nitrogen and oxygen atoms in total. The van der Waals surface area contributed by atoms with Crippen LogP contribution in [0.3, 0.4) is 0 Å². The highest BCUT2D eigenvalue weighted by molar-refractivity contribution is 7.87. The van der Waals surface area contributed by atoms with Crippen molar-refractivity contribution >= 4 is 16.2 Å². The lowest BCUT2D eigenvalue weighted by atomic mass is 9.77. The molecule has 33 heavy (non-hydrogen) atoms. The van der Waals surface area contributed by atoms with E-state index in [0.717, 1.165) is 12.0 Å². The normalized spacial score (nSPS) is 22.5. The van der Waals surface area contributed by atoms with Gasteiger partial charge in [-0.25, -0.2) is 9.78 Å². The van der Waals surface area contributed by atoms with Gasteiger partial charge < -0.3 is 8.92 Å². The summed E-state index contributed by atoms with van der Waals surface area (Å²) in [6.45, 7) is 11.2. The molecular formula is C24H31N3O5S. The van der Waals surface area contributed by atoms with E-state index < -0.39 is 15.7 Å². The third kappa shape index (κ3) is 4.69. The number of benzene rings is 1.